The summed E-state index contributed by atoms with van der Waals surface area (Å²) in [6, 6.07) is 4.50. The highest BCUT2D eigenvalue weighted by Gasteiger charge is 2.21. The molecule has 2 aromatic heterocycles. The lowest BCUT2D eigenvalue weighted by molar-refractivity contribution is 0.0929. The number of aromatic nitrogens is 2. The van der Waals surface area contributed by atoms with Gasteiger partial charge in [0.15, 0.2) is 0 Å². The van der Waals surface area contributed by atoms with Gasteiger partial charge in [-0.1, -0.05) is 0 Å². The molecule has 5 nitrogen and oxygen atoms in total. The van der Waals surface area contributed by atoms with Crippen molar-refractivity contribution in [3.05, 3.63) is 35.6 Å². The number of amides is 1. The molecule has 3 rings (SSSR count). The van der Waals surface area contributed by atoms with Crippen molar-refractivity contribution in [2.45, 2.75) is 31.8 Å². The highest BCUT2D eigenvalue weighted by molar-refractivity contribution is 7.16. The number of nitrogens with zero attached hydrogens (tertiary/aromatic N) is 2. The van der Waals surface area contributed by atoms with Crippen LogP contribution in [0.25, 0.3) is 10.6 Å². The van der Waals surface area contributed by atoms with E-state index in [4.69, 9.17) is 0 Å². The van der Waals surface area contributed by atoms with Crippen LogP contribution in [0, 0.1) is 0 Å². The maximum atomic E-state index is 12.3. The topological polar surface area (TPSA) is 66.9 Å². The molecule has 0 bridgehead atoms. The Balaban J connectivity index is 0.00000132. The van der Waals surface area contributed by atoms with Crippen LogP contribution in [0.15, 0.2) is 30.7 Å². The quantitative estimate of drug-likeness (QED) is 0.866. The van der Waals surface area contributed by atoms with Gasteiger partial charge in [0, 0.05) is 30.0 Å². The average Bonchev–Trinajstić information content (AvgIpc) is 2.98. The largest absolute Gasteiger partial charge is 0.348 e. The molecular formula is C15H20Cl2N4OS. The summed E-state index contributed by atoms with van der Waals surface area (Å²) in [6.07, 6.45) is 7.06. The number of rotatable bonds is 3. The van der Waals surface area contributed by atoms with Crippen LogP contribution in [0.1, 0.15) is 29.4 Å². The van der Waals surface area contributed by atoms with Crippen molar-refractivity contribution in [3.8, 4) is 10.6 Å². The van der Waals surface area contributed by atoms with Crippen LogP contribution in [-0.4, -0.2) is 34.5 Å². The predicted molar refractivity (Wildman–Crippen MR) is 97.8 cm³/mol. The summed E-state index contributed by atoms with van der Waals surface area (Å²) in [5.41, 5.74) is 0.990. The van der Waals surface area contributed by atoms with Crippen LogP contribution in [0.3, 0.4) is 0 Å². The first kappa shape index (κ1) is 19.8. The summed E-state index contributed by atoms with van der Waals surface area (Å²) in [6.45, 7) is 3.10. The maximum absolute atomic E-state index is 12.3. The van der Waals surface area contributed by atoms with Crippen molar-refractivity contribution in [2.24, 2.45) is 0 Å². The van der Waals surface area contributed by atoms with Gasteiger partial charge in [-0.15, -0.1) is 36.2 Å². The monoisotopic (exact) mass is 374 g/mol. The zero-order chi connectivity index (χ0) is 14.7. The van der Waals surface area contributed by atoms with Crippen molar-refractivity contribution in [2.75, 3.05) is 6.54 Å². The minimum absolute atomic E-state index is 0. The summed E-state index contributed by atoms with van der Waals surface area (Å²) < 4.78 is 0. The summed E-state index contributed by atoms with van der Waals surface area (Å²) in [4.78, 5) is 21.3. The molecule has 1 aliphatic heterocycles. The van der Waals surface area contributed by atoms with Gasteiger partial charge >= 0.3 is 0 Å². The van der Waals surface area contributed by atoms with Crippen LogP contribution in [-0.2, 0) is 0 Å². The number of hydrogen-bond donors (Lipinski definition) is 2. The Morgan fingerprint density at radius 1 is 1.35 bits per heavy atom. The number of hydrogen-bond acceptors (Lipinski definition) is 5. The molecule has 8 heteroatoms. The van der Waals surface area contributed by atoms with Crippen LogP contribution >= 0.6 is 36.2 Å². The van der Waals surface area contributed by atoms with Crippen molar-refractivity contribution < 1.29 is 4.79 Å². The normalized spacial score (nSPS) is 20.0. The Hall–Kier alpha value is -1.21. The summed E-state index contributed by atoms with van der Waals surface area (Å²) in [7, 11) is 0. The second kappa shape index (κ2) is 9.17. The van der Waals surface area contributed by atoms with Crippen molar-refractivity contribution >= 4 is 42.1 Å². The Morgan fingerprint density at radius 3 is 2.78 bits per heavy atom. The van der Waals surface area contributed by atoms with Gasteiger partial charge in [0.05, 0.1) is 6.20 Å². The number of carbonyl (C=O) groups excluding carboxylic acids is 1. The van der Waals surface area contributed by atoms with Crippen molar-refractivity contribution in [1.29, 1.82) is 0 Å². The number of thiazole rings is 1. The Bertz CT molecular complexity index is 623. The van der Waals surface area contributed by atoms with E-state index >= 15 is 0 Å². The molecule has 0 aromatic carbocycles. The predicted octanol–water partition coefficient (Wildman–Crippen LogP) is 2.92. The van der Waals surface area contributed by atoms with E-state index in [1.54, 1.807) is 18.6 Å². The van der Waals surface area contributed by atoms with Crippen LogP contribution in [0.2, 0.25) is 0 Å². The maximum Gasteiger partial charge on any atom is 0.263 e. The highest BCUT2D eigenvalue weighted by atomic mass is 35.5. The molecule has 0 spiro atoms. The van der Waals surface area contributed by atoms with Gasteiger partial charge in [-0.3, -0.25) is 9.78 Å². The van der Waals surface area contributed by atoms with Crippen molar-refractivity contribution in [3.63, 3.8) is 0 Å². The van der Waals surface area contributed by atoms with Crippen LogP contribution in [0.5, 0.6) is 0 Å². The molecule has 1 fully saturated rings. The third-order valence-corrected chi connectivity index (χ3v) is 4.66. The molecule has 0 saturated carbocycles. The van der Waals surface area contributed by atoms with Gasteiger partial charge in [-0.2, -0.15) is 0 Å². The summed E-state index contributed by atoms with van der Waals surface area (Å²) in [5.74, 6) is -0.0214. The molecule has 2 N–H and O–H groups in total. The van der Waals surface area contributed by atoms with E-state index in [1.165, 1.54) is 11.3 Å². The Kier molecular flexibility index (Phi) is 7.91. The fourth-order valence-corrected chi connectivity index (χ4v) is 3.35. The van der Waals surface area contributed by atoms with Gasteiger partial charge in [-0.05, 0) is 38.4 Å². The van der Waals surface area contributed by atoms with Gasteiger partial charge in [0.2, 0.25) is 0 Å². The molecule has 2 atom stereocenters. The lowest BCUT2D eigenvalue weighted by atomic mass is 10.0. The van der Waals surface area contributed by atoms with E-state index in [0.717, 1.165) is 30.0 Å². The van der Waals surface area contributed by atoms with Crippen LogP contribution < -0.4 is 10.6 Å². The SMILES string of the molecule is CC1CC(NC(=O)c2cnc(-c3ccncc3)s2)CCN1.Cl.Cl. The van der Waals surface area contributed by atoms with Gasteiger partial charge in [-0.25, -0.2) is 4.98 Å². The van der Waals surface area contributed by atoms with E-state index in [1.807, 2.05) is 12.1 Å². The minimum Gasteiger partial charge on any atom is -0.348 e. The molecule has 1 amide bonds. The third-order valence-electron chi connectivity index (χ3n) is 3.62. The third kappa shape index (κ3) is 5.14. The van der Waals surface area contributed by atoms with E-state index in [0.29, 0.717) is 10.9 Å². The Morgan fingerprint density at radius 2 is 2.09 bits per heavy atom. The molecule has 126 valence electrons. The molecule has 2 aromatic rings. The smallest absolute Gasteiger partial charge is 0.263 e. The molecule has 1 aliphatic rings. The summed E-state index contributed by atoms with van der Waals surface area (Å²) in [5, 5.41) is 7.34. The first-order chi connectivity index (χ1) is 10.2. The number of piperidine rings is 1. The second-order valence-corrected chi connectivity index (χ2v) is 6.35. The Labute approximate surface area is 152 Å². The van der Waals surface area contributed by atoms with Crippen LogP contribution in [0.4, 0.5) is 0 Å². The molecule has 23 heavy (non-hydrogen) atoms. The number of carbonyl (C=O) groups is 1. The zero-order valence-electron chi connectivity index (χ0n) is 12.7. The van der Waals surface area contributed by atoms with Crippen molar-refractivity contribution in [1.82, 2.24) is 20.6 Å². The first-order valence-corrected chi connectivity index (χ1v) is 7.94. The van der Waals surface area contributed by atoms with E-state index in [-0.39, 0.29) is 36.8 Å². The first-order valence-electron chi connectivity index (χ1n) is 7.13. The van der Waals surface area contributed by atoms with Gasteiger partial charge < -0.3 is 10.6 Å². The molecular weight excluding hydrogens is 355 g/mol. The van der Waals surface area contributed by atoms with E-state index < -0.39 is 0 Å². The minimum atomic E-state index is -0.0214. The molecule has 1 saturated heterocycles. The fraction of sp³-hybridized carbons (Fsp3) is 0.400. The van der Waals surface area contributed by atoms with E-state index in [2.05, 4.69) is 27.5 Å². The van der Waals surface area contributed by atoms with Gasteiger partial charge in [0.1, 0.15) is 9.88 Å². The number of pyridine rings is 1. The summed E-state index contributed by atoms with van der Waals surface area (Å²) >= 11 is 1.42. The lowest BCUT2D eigenvalue weighted by Gasteiger charge is -2.28. The standard InChI is InChI=1S/C15H18N4OS.2ClH/c1-10-8-12(4-7-17-10)19-14(20)13-9-18-15(21-13)11-2-5-16-6-3-11;;/h2-3,5-6,9-10,12,17H,4,7-8H2,1H3,(H,19,20);2*1H. The lowest BCUT2D eigenvalue weighted by Crippen LogP contribution is -2.46. The number of nitrogens with one attached hydrogen (secondary N) is 2. The molecule has 0 radical (unpaired) electrons. The molecule has 2 unspecified atom stereocenters. The molecule has 3 heterocycles. The molecule has 0 aliphatic carbocycles. The zero-order valence-corrected chi connectivity index (χ0v) is 15.1. The average molecular weight is 375 g/mol. The highest BCUT2D eigenvalue weighted by Crippen LogP contribution is 2.24. The van der Waals surface area contributed by atoms with Gasteiger partial charge in [0.25, 0.3) is 5.91 Å². The van der Waals surface area contributed by atoms with E-state index in [9.17, 15) is 4.79 Å². The second-order valence-electron chi connectivity index (χ2n) is 5.32. The number of halogens is 2. The fourth-order valence-electron chi connectivity index (χ4n) is 2.53.